The molecular weight excluding hydrogens is 515 g/mol. The topological polar surface area (TPSA) is 136 Å². The molecule has 0 atom stereocenters. The van der Waals surface area contributed by atoms with Gasteiger partial charge in [-0.3, -0.25) is 9.59 Å². The van der Waals surface area contributed by atoms with E-state index in [0.717, 1.165) is 0 Å². The SMILES string of the molecule is CC(=O)Oc1cc2c(cc1Cl)C(c1cc(C(=O)O)ccc1C(=O)O)c1cc(Cl)c(OC(C)=O)cc1O2. The van der Waals surface area contributed by atoms with Crippen LogP contribution in [0.3, 0.4) is 0 Å². The van der Waals surface area contributed by atoms with E-state index in [1.165, 1.54) is 56.3 Å². The number of ether oxygens (including phenoxy) is 3. The predicted octanol–water partition coefficient (Wildman–Crippen LogP) is 5.53. The Labute approximate surface area is 213 Å². The highest BCUT2D eigenvalue weighted by molar-refractivity contribution is 6.32. The Hall–Kier alpha value is -4.08. The molecule has 0 saturated carbocycles. The Morgan fingerprint density at radius 2 is 1.25 bits per heavy atom. The molecule has 1 heterocycles. The zero-order valence-electron chi connectivity index (χ0n) is 18.6. The predicted molar refractivity (Wildman–Crippen MR) is 127 cm³/mol. The van der Waals surface area contributed by atoms with Gasteiger partial charge in [-0.25, -0.2) is 9.59 Å². The van der Waals surface area contributed by atoms with Crippen LogP contribution in [0.15, 0.2) is 42.5 Å². The molecule has 184 valence electrons. The highest BCUT2D eigenvalue weighted by Gasteiger charge is 2.34. The third-order valence-electron chi connectivity index (χ3n) is 5.32. The highest BCUT2D eigenvalue weighted by Crippen LogP contribution is 2.52. The molecule has 0 aromatic heterocycles. The van der Waals surface area contributed by atoms with Gasteiger partial charge in [0.2, 0.25) is 0 Å². The van der Waals surface area contributed by atoms with Crippen LogP contribution >= 0.6 is 23.2 Å². The molecule has 0 aliphatic carbocycles. The van der Waals surface area contributed by atoms with E-state index in [1.807, 2.05) is 0 Å². The average Bonchev–Trinajstić information content (AvgIpc) is 2.78. The fourth-order valence-corrected chi connectivity index (χ4v) is 4.37. The molecule has 2 N–H and O–H groups in total. The van der Waals surface area contributed by atoms with E-state index in [-0.39, 0.29) is 49.7 Å². The molecule has 3 aromatic rings. The molecule has 4 rings (SSSR count). The van der Waals surface area contributed by atoms with Crippen LogP contribution in [0.1, 0.15) is 57.2 Å². The van der Waals surface area contributed by atoms with Crippen molar-refractivity contribution in [3.05, 3.63) is 80.3 Å². The maximum atomic E-state index is 12.1. The number of carboxylic acids is 2. The van der Waals surface area contributed by atoms with Crippen molar-refractivity contribution in [3.8, 4) is 23.0 Å². The van der Waals surface area contributed by atoms with Gasteiger partial charge < -0.3 is 24.4 Å². The van der Waals surface area contributed by atoms with E-state index < -0.39 is 29.8 Å². The van der Waals surface area contributed by atoms with Gasteiger partial charge >= 0.3 is 23.9 Å². The minimum atomic E-state index is -1.29. The lowest BCUT2D eigenvalue weighted by Crippen LogP contribution is -2.17. The Kier molecular flexibility index (Phi) is 6.62. The lowest BCUT2D eigenvalue weighted by atomic mass is 9.80. The summed E-state index contributed by atoms with van der Waals surface area (Å²) in [6.07, 6.45) is 0. The second kappa shape index (κ2) is 9.52. The summed E-state index contributed by atoms with van der Waals surface area (Å²) in [5.41, 5.74) is 0.550. The minimum Gasteiger partial charge on any atom is -0.478 e. The Morgan fingerprint density at radius 1 is 0.750 bits per heavy atom. The highest BCUT2D eigenvalue weighted by atomic mass is 35.5. The molecule has 9 nitrogen and oxygen atoms in total. The van der Waals surface area contributed by atoms with Gasteiger partial charge in [0.15, 0.2) is 11.5 Å². The van der Waals surface area contributed by atoms with Gasteiger partial charge in [0.25, 0.3) is 0 Å². The van der Waals surface area contributed by atoms with Crippen molar-refractivity contribution in [2.24, 2.45) is 0 Å². The first-order valence-corrected chi connectivity index (χ1v) is 11.0. The van der Waals surface area contributed by atoms with Gasteiger partial charge in [-0.05, 0) is 35.9 Å². The summed E-state index contributed by atoms with van der Waals surface area (Å²) >= 11 is 12.7. The Morgan fingerprint density at radius 3 is 1.67 bits per heavy atom. The summed E-state index contributed by atoms with van der Waals surface area (Å²) in [4.78, 5) is 46.8. The van der Waals surface area contributed by atoms with E-state index >= 15 is 0 Å². The summed E-state index contributed by atoms with van der Waals surface area (Å²) in [7, 11) is 0. The summed E-state index contributed by atoms with van der Waals surface area (Å²) in [5.74, 6) is -4.42. The van der Waals surface area contributed by atoms with Crippen molar-refractivity contribution in [3.63, 3.8) is 0 Å². The number of hydrogen-bond acceptors (Lipinski definition) is 7. The first kappa shape index (κ1) is 25.0. The van der Waals surface area contributed by atoms with Crippen molar-refractivity contribution in [2.75, 3.05) is 0 Å². The van der Waals surface area contributed by atoms with Gasteiger partial charge in [-0.1, -0.05) is 23.2 Å². The first-order valence-electron chi connectivity index (χ1n) is 10.3. The van der Waals surface area contributed by atoms with Gasteiger partial charge in [0.1, 0.15) is 11.5 Å². The van der Waals surface area contributed by atoms with E-state index in [2.05, 4.69) is 0 Å². The number of esters is 2. The Bertz CT molecular complexity index is 1390. The molecule has 0 unspecified atom stereocenters. The van der Waals surface area contributed by atoms with Crippen molar-refractivity contribution in [2.45, 2.75) is 19.8 Å². The van der Waals surface area contributed by atoms with Crippen LogP contribution in [0.25, 0.3) is 0 Å². The largest absolute Gasteiger partial charge is 0.478 e. The number of carbonyl (C=O) groups excluding carboxylic acids is 2. The van der Waals surface area contributed by atoms with Crippen LogP contribution < -0.4 is 14.2 Å². The maximum Gasteiger partial charge on any atom is 0.335 e. The second-order valence-corrected chi connectivity index (χ2v) is 8.59. The van der Waals surface area contributed by atoms with Crippen molar-refractivity contribution in [1.29, 1.82) is 0 Å². The van der Waals surface area contributed by atoms with Gasteiger partial charge in [-0.2, -0.15) is 0 Å². The molecule has 0 radical (unpaired) electrons. The summed E-state index contributed by atoms with van der Waals surface area (Å²) in [5, 5.41) is 19.5. The first-order chi connectivity index (χ1) is 17.0. The van der Waals surface area contributed by atoms with Gasteiger partial charge in [0, 0.05) is 43.0 Å². The standard InChI is InChI=1S/C25H16Cl2O9/c1-10(28)34-21-8-19-15(6-17(21)26)23(14-5-12(24(30)31)3-4-13(14)25(32)33)16-7-18(27)22(35-11(2)29)9-20(16)36-19/h3-9,23H,1-2H3,(H,30,31)(H,32,33). The smallest absolute Gasteiger partial charge is 0.335 e. The number of halogens is 2. The van der Waals surface area contributed by atoms with E-state index in [9.17, 15) is 29.4 Å². The fourth-order valence-electron chi connectivity index (χ4n) is 3.94. The third-order valence-corrected chi connectivity index (χ3v) is 5.91. The van der Waals surface area contributed by atoms with Crippen molar-refractivity contribution < 1.29 is 43.6 Å². The summed E-state index contributed by atoms with van der Waals surface area (Å²) in [6, 6.07) is 9.22. The molecule has 0 amide bonds. The van der Waals surface area contributed by atoms with Crippen molar-refractivity contribution in [1.82, 2.24) is 0 Å². The molecule has 0 saturated heterocycles. The molecule has 36 heavy (non-hydrogen) atoms. The molecule has 11 heteroatoms. The van der Waals surface area contributed by atoms with Crippen LogP contribution in [0.4, 0.5) is 0 Å². The normalized spacial score (nSPS) is 12.1. The minimum absolute atomic E-state index is 0.00275. The zero-order chi connectivity index (χ0) is 26.3. The van der Waals surface area contributed by atoms with E-state index in [0.29, 0.717) is 11.1 Å². The molecule has 0 fully saturated rings. The number of fused-ring (bicyclic) bond motifs is 2. The van der Waals surface area contributed by atoms with Gasteiger partial charge in [-0.15, -0.1) is 0 Å². The summed E-state index contributed by atoms with van der Waals surface area (Å²) < 4.78 is 16.3. The van der Waals surface area contributed by atoms with Crippen LogP contribution in [0, 0.1) is 0 Å². The molecular formula is C25H16Cl2O9. The molecule has 1 aliphatic rings. The molecule has 3 aromatic carbocycles. The number of carboxylic acid groups (broad SMARTS) is 2. The number of hydrogen-bond donors (Lipinski definition) is 2. The average molecular weight is 531 g/mol. The van der Waals surface area contributed by atoms with Crippen LogP contribution in [-0.2, 0) is 9.59 Å². The summed E-state index contributed by atoms with van der Waals surface area (Å²) in [6.45, 7) is 2.39. The van der Waals surface area contributed by atoms with Crippen LogP contribution in [-0.4, -0.2) is 34.1 Å². The lowest BCUT2D eigenvalue weighted by Gasteiger charge is -2.30. The van der Waals surface area contributed by atoms with Crippen LogP contribution in [0.5, 0.6) is 23.0 Å². The third kappa shape index (κ3) is 4.71. The number of benzene rings is 3. The monoisotopic (exact) mass is 530 g/mol. The van der Waals surface area contributed by atoms with Crippen molar-refractivity contribution >= 4 is 47.1 Å². The molecule has 1 aliphatic heterocycles. The van der Waals surface area contributed by atoms with Gasteiger partial charge in [0.05, 0.1) is 21.2 Å². The number of carbonyl (C=O) groups is 4. The maximum absolute atomic E-state index is 12.1. The lowest BCUT2D eigenvalue weighted by molar-refractivity contribution is -0.132. The van der Waals surface area contributed by atoms with E-state index in [1.54, 1.807) is 0 Å². The van der Waals surface area contributed by atoms with Crippen LogP contribution in [0.2, 0.25) is 10.0 Å². The quantitative estimate of drug-likeness (QED) is 0.252. The molecule has 0 spiro atoms. The zero-order valence-corrected chi connectivity index (χ0v) is 20.1. The fraction of sp³-hybridized carbons (Fsp3) is 0.120. The van der Waals surface area contributed by atoms with E-state index in [4.69, 9.17) is 37.4 Å². The number of aromatic carboxylic acids is 2. The Balaban J connectivity index is 2.04. The number of rotatable bonds is 5. The second-order valence-electron chi connectivity index (χ2n) is 7.78. The molecule has 0 bridgehead atoms.